The minimum atomic E-state index is -0.227. The molecule has 2 N–H and O–H groups in total. The third-order valence-electron chi connectivity index (χ3n) is 5.67. The highest BCUT2D eigenvalue weighted by Gasteiger charge is 2.24. The van der Waals surface area contributed by atoms with Crippen molar-refractivity contribution >= 4 is 11.7 Å². The number of carbonyl (C=O) groups is 2. The number of rotatable bonds is 9. The van der Waals surface area contributed by atoms with Gasteiger partial charge in [0.15, 0.2) is 5.78 Å². The number of carbonyl (C=O) groups excluding carboxylic acids is 2. The highest BCUT2D eigenvalue weighted by atomic mass is 19.1. The summed E-state index contributed by atoms with van der Waals surface area (Å²) in [6.45, 7) is 2.64. The first-order valence-corrected chi connectivity index (χ1v) is 10.5. The number of nitrogens with one attached hydrogen (secondary N) is 2. The van der Waals surface area contributed by atoms with Gasteiger partial charge in [0.1, 0.15) is 5.82 Å². The van der Waals surface area contributed by atoms with E-state index in [1.807, 2.05) is 31.2 Å². The van der Waals surface area contributed by atoms with Gasteiger partial charge in [-0.2, -0.15) is 0 Å². The summed E-state index contributed by atoms with van der Waals surface area (Å²) < 4.78 is 13.1. The Balaban J connectivity index is 1.34. The summed E-state index contributed by atoms with van der Waals surface area (Å²) in [5.41, 5.74) is 9.39. The van der Waals surface area contributed by atoms with Crippen LogP contribution in [0.3, 0.4) is 0 Å². The third-order valence-corrected chi connectivity index (χ3v) is 5.67. The van der Waals surface area contributed by atoms with E-state index < -0.39 is 0 Å². The minimum Gasteiger partial charge on any atom is -0.346 e. The predicted octanol–water partition coefficient (Wildman–Crippen LogP) is 3.94. The second kappa shape index (κ2) is 10.5. The number of hydrogen-bond donors (Lipinski definition) is 2. The van der Waals surface area contributed by atoms with E-state index in [-0.39, 0.29) is 36.4 Å². The molecule has 0 saturated carbocycles. The highest BCUT2D eigenvalue weighted by Crippen LogP contribution is 2.24. The molecule has 0 radical (unpaired) electrons. The van der Waals surface area contributed by atoms with Crippen molar-refractivity contribution in [3.05, 3.63) is 71.0 Å². The first-order chi connectivity index (χ1) is 14.4. The zero-order chi connectivity index (χ0) is 21.5. The van der Waals surface area contributed by atoms with Gasteiger partial charge >= 0.3 is 0 Å². The lowest BCUT2D eigenvalue weighted by Gasteiger charge is -2.18. The summed E-state index contributed by atoms with van der Waals surface area (Å²) in [5.74, 6) is -0.225. The van der Waals surface area contributed by atoms with Crippen molar-refractivity contribution in [1.29, 1.82) is 0 Å². The molecule has 2 atom stereocenters. The summed E-state index contributed by atoms with van der Waals surface area (Å²) in [6.07, 6.45) is 3.21. The maximum atomic E-state index is 13.1. The number of nitrogens with zero attached hydrogens (tertiary/aromatic N) is 1. The fraction of sp³-hybridized carbons (Fsp3) is 0.417. The van der Waals surface area contributed by atoms with E-state index in [4.69, 9.17) is 0 Å². The van der Waals surface area contributed by atoms with E-state index in [1.54, 1.807) is 24.1 Å². The SMILES string of the molecule is Cc1ccc(C(=O)CCC(=O)N(C)CCCC2CC(c3ccc(F)cc3)NN2)cc1. The number of hydrogen-bond acceptors (Lipinski definition) is 4. The van der Waals surface area contributed by atoms with Crippen molar-refractivity contribution in [2.24, 2.45) is 0 Å². The summed E-state index contributed by atoms with van der Waals surface area (Å²) in [6, 6.07) is 14.5. The van der Waals surface area contributed by atoms with Crippen LogP contribution in [0.5, 0.6) is 0 Å². The Morgan fingerprint density at radius 3 is 2.43 bits per heavy atom. The monoisotopic (exact) mass is 411 g/mol. The maximum Gasteiger partial charge on any atom is 0.222 e. The molecule has 1 aliphatic rings. The Labute approximate surface area is 177 Å². The molecule has 1 aliphatic heterocycles. The summed E-state index contributed by atoms with van der Waals surface area (Å²) >= 11 is 0. The van der Waals surface area contributed by atoms with E-state index >= 15 is 0 Å². The number of benzene rings is 2. The predicted molar refractivity (Wildman–Crippen MR) is 115 cm³/mol. The van der Waals surface area contributed by atoms with Crippen LogP contribution in [0.15, 0.2) is 48.5 Å². The Morgan fingerprint density at radius 1 is 1.03 bits per heavy atom. The molecule has 1 amide bonds. The van der Waals surface area contributed by atoms with Crippen LogP contribution in [-0.4, -0.2) is 36.2 Å². The number of hydrazine groups is 1. The minimum absolute atomic E-state index is 0.00263. The fourth-order valence-corrected chi connectivity index (χ4v) is 3.72. The van der Waals surface area contributed by atoms with Crippen LogP contribution in [0, 0.1) is 12.7 Å². The second-order valence-corrected chi connectivity index (χ2v) is 8.07. The molecule has 1 heterocycles. The molecule has 0 aromatic heterocycles. The van der Waals surface area contributed by atoms with Gasteiger partial charge in [0.2, 0.25) is 5.91 Å². The normalized spacial score (nSPS) is 18.4. The molecule has 3 rings (SSSR count). The quantitative estimate of drug-likeness (QED) is 0.614. The summed E-state index contributed by atoms with van der Waals surface area (Å²) in [5, 5.41) is 0. The molecule has 1 saturated heterocycles. The zero-order valence-electron chi connectivity index (χ0n) is 17.7. The zero-order valence-corrected chi connectivity index (χ0v) is 17.7. The van der Waals surface area contributed by atoms with Gasteiger partial charge in [0.05, 0.1) is 0 Å². The summed E-state index contributed by atoms with van der Waals surface area (Å²) in [7, 11) is 1.79. The van der Waals surface area contributed by atoms with E-state index in [2.05, 4.69) is 10.9 Å². The average molecular weight is 412 g/mol. The number of ketones is 1. The lowest BCUT2D eigenvalue weighted by atomic mass is 9.99. The topological polar surface area (TPSA) is 61.4 Å². The summed E-state index contributed by atoms with van der Waals surface area (Å²) in [4.78, 5) is 26.3. The first-order valence-electron chi connectivity index (χ1n) is 10.5. The van der Waals surface area contributed by atoms with Crippen molar-refractivity contribution in [1.82, 2.24) is 15.8 Å². The molecule has 0 spiro atoms. The van der Waals surface area contributed by atoms with Crippen LogP contribution in [0.1, 0.15) is 59.6 Å². The van der Waals surface area contributed by atoms with Crippen molar-refractivity contribution in [3.8, 4) is 0 Å². The molecule has 0 aliphatic carbocycles. The van der Waals surface area contributed by atoms with E-state index in [0.29, 0.717) is 18.2 Å². The molecule has 5 nitrogen and oxygen atoms in total. The Morgan fingerprint density at radius 2 is 1.73 bits per heavy atom. The molecule has 30 heavy (non-hydrogen) atoms. The van der Waals surface area contributed by atoms with E-state index in [9.17, 15) is 14.0 Å². The molecular weight excluding hydrogens is 381 g/mol. The van der Waals surface area contributed by atoms with E-state index in [0.717, 1.165) is 30.4 Å². The van der Waals surface area contributed by atoms with Gasteiger partial charge < -0.3 is 4.90 Å². The van der Waals surface area contributed by atoms with Crippen LogP contribution in [-0.2, 0) is 4.79 Å². The molecule has 1 fully saturated rings. The van der Waals surface area contributed by atoms with Gasteiger partial charge in [-0.05, 0) is 43.9 Å². The maximum absolute atomic E-state index is 13.1. The standard InChI is InChI=1S/C24H30FN3O2/c1-17-5-7-19(8-6-17)23(29)13-14-24(30)28(2)15-3-4-21-16-22(27-26-21)18-9-11-20(25)12-10-18/h5-12,21-22,26-27H,3-4,13-16H2,1-2H3. The Kier molecular flexibility index (Phi) is 7.71. The van der Waals surface area contributed by atoms with Crippen molar-refractivity contribution in [3.63, 3.8) is 0 Å². The van der Waals surface area contributed by atoms with Crippen LogP contribution >= 0.6 is 0 Å². The molecule has 0 bridgehead atoms. The molecule has 2 aromatic carbocycles. The molecule has 2 aromatic rings. The van der Waals surface area contributed by atoms with Crippen molar-refractivity contribution < 1.29 is 14.0 Å². The lowest BCUT2D eigenvalue weighted by molar-refractivity contribution is -0.129. The lowest BCUT2D eigenvalue weighted by Crippen LogP contribution is -2.32. The van der Waals surface area contributed by atoms with Gasteiger partial charge in [0.25, 0.3) is 0 Å². The second-order valence-electron chi connectivity index (χ2n) is 8.07. The van der Waals surface area contributed by atoms with Gasteiger partial charge in [-0.3, -0.25) is 20.4 Å². The largest absolute Gasteiger partial charge is 0.346 e. The van der Waals surface area contributed by atoms with Crippen molar-refractivity contribution in [2.75, 3.05) is 13.6 Å². The van der Waals surface area contributed by atoms with Crippen LogP contribution in [0.25, 0.3) is 0 Å². The first kappa shape index (κ1) is 22.1. The molecule has 2 unspecified atom stereocenters. The fourth-order valence-electron chi connectivity index (χ4n) is 3.72. The smallest absolute Gasteiger partial charge is 0.222 e. The number of Topliss-reactive ketones (excluding diaryl/α,β-unsaturated/α-hetero) is 1. The average Bonchev–Trinajstić information content (AvgIpc) is 3.21. The van der Waals surface area contributed by atoms with E-state index in [1.165, 1.54) is 12.1 Å². The Bertz CT molecular complexity index is 852. The number of aryl methyl sites for hydroxylation is 1. The number of amides is 1. The van der Waals surface area contributed by atoms with Crippen LogP contribution in [0.4, 0.5) is 4.39 Å². The van der Waals surface area contributed by atoms with Crippen LogP contribution < -0.4 is 10.9 Å². The van der Waals surface area contributed by atoms with Gasteiger partial charge in [-0.15, -0.1) is 0 Å². The third kappa shape index (κ3) is 6.21. The van der Waals surface area contributed by atoms with Gasteiger partial charge in [0, 0.05) is 44.1 Å². The number of halogens is 1. The molecule has 6 heteroatoms. The highest BCUT2D eigenvalue weighted by molar-refractivity contribution is 5.97. The van der Waals surface area contributed by atoms with Crippen LogP contribution in [0.2, 0.25) is 0 Å². The van der Waals surface area contributed by atoms with Crippen molar-refractivity contribution in [2.45, 2.75) is 51.1 Å². The van der Waals surface area contributed by atoms with Gasteiger partial charge in [-0.1, -0.05) is 42.0 Å². The van der Waals surface area contributed by atoms with Gasteiger partial charge in [-0.25, -0.2) is 4.39 Å². The molecule has 160 valence electrons. The molecular formula is C24H30FN3O2. The Hall–Kier alpha value is -2.57.